The molecule has 4 rings (SSSR count). The van der Waals surface area contributed by atoms with Gasteiger partial charge in [-0.3, -0.25) is 14.5 Å². The van der Waals surface area contributed by atoms with Gasteiger partial charge < -0.3 is 9.80 Å². The number of halogens is 1. The molecule has 34 heavy (non-hydrogen) atoms. The van der Waals surface area contributed by atoms with Gasteiger partial charge in [-0.25, -0.2) is 4.39 Å². The third-order valence-electron chi connectivity index (χ3n) is 6.44. The summed E-state index contributed by atoms with van der Waals surface area (Å²) in [5.74, 6) is -0.490. The molecule has 1 aliphatic rings. The fourth-order valence-electron chi connectivity index (χ4n) is 4.49. The molecule has 5 nitrogen and oxygen atoms in total. The van der Waals surface area contributed by atoms with Crippen molar-refractivity contribution in [1.82, 2.24) is 9.80 Å². The Morgan fingerprint density at radius 2 is 1.44 bits per heavy atom. The van der Waals surface area contributed by atoms with Crippen LogP contribution in [0.1, 0.15) is 34.5 Å². The van der Waals surface area contributed by atoms with E-state index in [1.807, 2.05) is 77.5 Å². The second kappa shape index (κ2) is 10.6. The molecule has 0 bridgehead atoms. The van der Waals surface area contributed by atoms with Crippen LogP contribution in [-0.4, -0.2) is 61.3 Å². The summed E-state index contributed by atoms with van der Waals surface area (Å²) in [6.45, 7) is 4.31. The van der Waals surface area contributed by atoms with Crippen molar-refractivity contribution in [1.29, 1.82) is 0 Å². The number of carbonyl (C=O) groups is 2. The lowest BCUT2D eigenvalue weighted by Gasteiger charge is -2.37. The van der Waals surface area contributed by atoms with Crippen molar-refractivity contribution in [2.24, 2.45) is 0 Å². The van der Waals surface area contributed by atoms with E-state index in [0.717, 1.165) is 11.1 Å². The van der Waals surface area contributed by atoms with Crippen molar-refractivity contribution >= 4 is 17.4 Å². The molecule has 0 atom stereocenters. The number of carbonyl (C=O) groups excluding carboxylic acids is 2. The number of likely N-dealkylation sites (N-methyl/N-ethyl adjacent to an activating group) is 1. The molecule has 1 heterocycles. The maximum Gasteiger partial charge on any atom is 0.237 e. The zero-order valence-corrected chi connectivity index (χ0v) is 19.7. The number of benzene rings is 3. The largest absolute Gasteiger partial charge is 0.367 e. The van der Waals surface area contributed by atoms with Gasteiger partial charge in [0.05, 0.1) is 18.3 Å². The van der Waals surface area contributed by atoms with E-state index < -0.39 is 0 Å². The van der Waals surface area contributed by atoms with Gasteiger partial charge in [-0.15, -0.1) is 0 Å². The summed E-state index contributed by atoms with van der Waals surface area (Å²) in [6, 6.07) is 24.6. The van der Waals surface area contributed by atoms with Crippen LogP contribution in [0.15, 0.2) is 78.9 Å². The smallest absolute Gasteiger partial charge is 0.237 e. The highest BCUT2D eigenvalue weighted by Crippen LogP contribution is 2.28. The number of hydrogen-bond acceptors (Lipinski definition) is 4. The van der Waals surface area contributed by atoms with Crippen LogP contribution in [0.2, 0.25) is 0 Å². The zero-order chi connectivity index (χ0) is 24.1. The first kappa shape index (κ1) is 23.6. The van der Waals surface area contributed by atoms with Gasteiger partial charge in [0.2, 0.25) is 5.91 Å². The Morgan fingerprint density at radius 3 is 1.94 bits per heavy atom. The van der Waals surface area contributed by atoms with Crippen LogP contribution in [-0.2, 0) is 4.79 Å². The van der Waals surface area contributed by atoms with Crippen LogP contribution in [0.3, 0.4) is 0 Å². The van der Waals surface area contributed by atoms with Crippen molar-refractivity contribution in [2.45, 2.75) is 13.0 Å². The van der Waals surface area contributed by atoms with Crippen LogP contribution in [0.25, 0.3) is 0 Å². The molecule has 0 radical (unpaired) electrons. The molecule has 1 saturated heterocycles. The minimum atomic E-state index is -0.384. The van der Waals surface area contributed by atoms with E-state index in [-0.39, 0.29) is 23.5 Å². The molecule has 0 aromatic heterocycles. The molecular formula is C28H30FN3O2. The molecule has 0 saturated carbocycles. The molecular weight excluding hydrogens is 429 g/mol. The fourth-order valence-corrected chi connectivity index (χ4v) is 4.49. The lowest BCUT2D eigenvalue weighted by atomic mass is 9.97. The maximum atomic E-state index is 14.6. The Bertz CT molecular complexity index is 1090. The van der Waals surface area contributed by atoms with Gasteiger partial charge in [0.25, 0.3) is 0 Å². The van der Waals surface area contributed by atoms with Crippen molar-refractivity contribution < 1.29 is 14.0 Å². The van der Waals surface area contributed by atoms with E-state index in [4.69, 9.17) is 0 Å². The maximum absolute atomic E-state index is 14.6. The predicted octanol–water partition coefficient (Wildman–Crippen LogP) is 4.40. The van der Waals surface area contributed by atoms with Crippen molar-refractivity contribution in [2.75, 3.05) is 44.7 Å². The van der Waals surface area contributed by atoms with E-state index in [0.29, 0.717) is 44.0 Å². The second-order valence-corrected chi connectivity index (χ2v) is 8.71. The molecule has 1 aliphatic heterocycles. The van der Waals surface area contributed by atoms with E-state index in [2.05, 4.69) is 4.90 Å². The first-order valence-electron chi connectivity index (χ1n) is 11.6. The van der Waals surface area contributed by atoms with Crippen LogP contribution in [0.4, 0.5) is 10.1 Å². The number of Topliss-reactive ketones (excluding diaryl/α,β-unsaturated/α-hetero) is 1. The van der Waals surface area contributed by atoms with Crippen molar-refractivity contribution in [3.8, 4) is 0 Å². The van der Waals surface area contributed by atoms with Gasteiger partial charge in [0.15, 0.2) is 5.78 Å². The molecule has 3 aromatic rings. The highest BCUT2D eigenvalue weighted by atomic mass is 19.1. The zero-order valence-electron chi connectivity index (χ0n) is 19.7. The summed E-state index contributed by atoms with van der Waals surface area (Å²) < 4.78 is 14.6. The molecule has 176 valence electrons. The number of anilines is 1. The molecule has 6 heteroatoms. The summed E-state index contributed by atoms with van der Waals surface area (Å²) in [5, 5.41) is 0. The monoisotopic (exact) mass is 459 g/mol. The third kappa shape index (κ3) is 5.34. The minimum absolute atomic E-state index is 0.0446. The number of hydrogen-bond donors (Lipinski definition) is 0. The van der Waals surface area contributed by atoms with Crippen molar-refractivity contribution in [3.63, 3.8) is 0 Å². The van der Waals surface area contributed by atoms with Crippen LogP contribution >= 0.6 is 0 Å². The molecule has 0 unspecified atom stereocenters. The second-order valence-electron chi connectivity index (χ2n) is 8.71. The van der Waals surface area contributed by atoms with E-state index in [9.17, 15) is 14.0 Å². The lowest BCUT2D eigenvalue weighted by molar-refractivity contribution is -0.132. The van der Waals surface area contributed by atoms with Gasteiger partial charge >= 0.3 is 0 Å². The fraction of sp³-hybridized carbons (Fsp3) is 0.286. The summed E-state index contributed by atoms with van der Waals surface area (Å²) >= 11 is 0. The van der Waals surface area contributed by atoms with E-state index in [1.165, 1.54) is 13.0 Å². The quantitative estimate of drug-likeness (QED) is 0.492. The van der Waals surface area contributed by atoms with Gasteiger partial charge in [-0.2, -0.15) is 0 Å². The van der Waals surface area contributed by atoms with Gasteiger partial charge in [-0.05, 0) is 36.2 Å². The van der Waals surface area contributed by atoms with E-state index in [1.54, 1.807) is 12.1 Å². The van der Waals surface area contributed by atoms with Gasteiger partial charge in [-0.1, -0.05) is 60.7 Å². The van der Waals surface area contributed by atoms with Crippen LogP contribution < -0.4 is 4.90 Å². The highest BCUT2D eigenvalue weighted by Gasteiger charge is 2.27. The molecule has 1 amide bonds. The Balaban J connectivity index is 1.40. The topological polar surface area (TPSA) is 43.9 Å². The minimum Gasteiger partial charge on any atom is -0.367 e. The highest BCUT2D eigenvalue weighted by molar-refractivity contribution is 5.94. The normalized spacial score (nSPS) is 14.3. The Labute approximate surface area is 200 Å². The molecule has 1 fully saturated rings. The third-order valence-corrected chi connectivity index (χ3v) is 6.44. The lowest BCUT2D eigenvalue weighted by Crippen LogP contribution is -2.50. The first-order chi connectivity index (χ1) is 16.4. The average molecular weight is 460 g/mol. The Hall–Kier alpha value is -3.51. The molecule has 3 aromatic carbocycles. The van der Waals surface area contributed by atoms with E-state index >= 15 is 0 Å². The Kier molecular flexibility index (Phi) is 7.38. The van der Waals surface area contributed by atoms with Gasteiger partial charge in [0, 0.05) is 38.8 Å². The number of piperazine rings is 1. The summed E-state index contributed by atoms with van der Waals surface area (Å²) in [5.41, 5.74) is 3.01. The summed E-state index contributed by atoms with van der Waals surface area (Å²) in [7, 11) is 1.86. The van der Waals surface area contributed by atoms with Gasteiger partial charge in [0.1, 0.15) is 5.82 Å². The number of rotatable bonds is 7. The SMILES string of the molecule is CC(=O)c1ccc(N2CCN(CC(=O)N(C)C(c3ccccc3)c3ccccc3)CC2)c(F)c1. The standard InChI is InChI=1S/C28H30FN3O2/c1-21(33)24-13-14-26(25(29)19-24)32-17-15-31(16-18-32)20-27(34)30(2)28(22-9-5-3-6-10-22)23-11-7-4-8-12-23/h3-14,19,28H,15-18,20H2,1-2H3. The molecule has 0 aliphatic carbocycles. The molecule has 0 N–H and O–H groups in total. The van der Waals surface area contributed by atoms with Crippen LogP contribution in [0, 0.1) is 5.82 Å². The predicted molar refractivity (Wildman–Crippen MR) is 133 cm³/mol. The average Bonchev–Trinajstić information content (AvgIpc) is 2.86. The summed E-state index contributed by atoms with van der Waals surface area (Å²) in [6.07, 6.45) is 0. The molecule has 0 spiro atoms. The van der Waals surface area contributed by atoms with Crippen LogP contribution in [0.5, 0.6) is 0 Å². The van der Waals surface area contributed by atoms with Crippen molar-refractivity contribution in [3.05, 3.63) is 101 Å². The summed E-state index contributed by atoms with van der Waals surface area (Å²) in [4.78, 5) is 30.7. The number of ketones is 1. The first-order valence-corrected chi connectivity index (χ1v) is 11.6. The number of amides is 1. The number of nitrogens with zero attached hydrogens (tertiary/aromatic N) is 3. The Morgan fingerprint density at radius 1 is 0.882 bits per heavy atom.